The minimum absolute atomic E-state index is 1.09. The molecule has 1 N–H and O–H groups in total. The fraction of sp³-hybridized carbons (Fsp3) is 0.222. The average molecular weight is 148 g/mol. The van der Waals surface area contributed by atoms with Crippen LogP contribution in [-0.2, 0) is 0 Å². The van der Waals surface area contributed by atoms with E-state index >= 15 is 0 Å². The normalized spacial score (nSPS) is 8.91. The highest BCUT2D eigenvalue weighted by atomic mass is 14.8. The van der Waals surface area contributed by atoms with Crippen molar-refractivity contribution in [3.05, 3.63) is 42.0 Å². The van der Waals surface area contributed by atoms with E-state index in [-0.39, 0.29) is 0 Å². The lowest BCUT2D eigenvalue weighted by atomic mass is 10.3. The van der Waals surface area contributed by atoms with Crippen LogP contribution in [0.25, 0.3) is 0 Å². The van der Waals surface area contributed by atoms with Gasteiger partial charge in [-0.3, -0.25) is 0 Å². The quantitative estimate of drug-likeness (QED) is 0.600. The fourth-order valence-corrected chi connectivity index (χ4v) is 0.729. The first-order valence-corrected chi connectivity index (χ1v) is 3.59. The summed E-state index contributed by atoms with van der Waals surface area (Å²) in [5.74, 6) is 0. The molecule has 0 aliphatic heterocycles. The van der Waals surface area contributed by atoms with E-state index in [9.17, 15) is 0 Å². The Morgan fingerprint density at radius 2 is 2.09 bits per heavy atom. The van der Waals surface area contributed by atoms with Crippen molar-refractivity contribution in [1.29, 1.82) is 0 Å². The van der Waals surface area contributed by atoms with Crippen LogP contribution >= 0.6 is 0 Å². The molecule has 58 valence electrons. The Balaban J connectivity index is 3.21. The lowest BCUT2D eigenvalue weighted by molar-refractivity contribution is 1.14. The molecule has 0 aliphatic rings. The molecule has 0 amide bonds. The van der Waals surface area contributed by atoms with Crippen LogP contribution in [0.4, 0.5) is 0 Å². The van der Waals surface area contributed by atoms with E-state index < -0.39 is 0 Å². The van der Waals surface area contributed by atoms with Gasteiger partial charge < -0.3 is 4.98 Å². The van der Waals surface area contributed by atoms with Gasteiger partial charge in [-0.25, -0.2) is 4.98 Å². The van der Waals surface area contributed by atoms with Crippen molar-refractivity contribution in [3.63, 3.8) is 0 Å². The molecule has 2 nitrogen and oxygen atoms in total. The van der Waals surface area contributed by atoms with Crippen molar-refractivity contribution in [2.24, 2.45) is 0 Å². The van der Waals surface area contributed by atoms with E-state index in [0.29, 0.717) is 0 Å². The van der Waals surface area contributed by atoms with Crippen LogP contribution in [0, 0.1) is 13.8 Å². The molecule has 1 rings (SSSR count). The summed E-state index contributed by atoms with van der Waals surface area (Å²) in [6, 6.07) is 6.03. The standard InChI is InChI=1S/C9H12N2/c1-8-4-3-5-9(2)11-7-10-6-8/h3-7H,1-2H3,(H,10,11). The smallest absolute Gasteiger partial charge is 0.0920 e. The summed E-state index contributed by atoms with van der Waals surface area (Å²) < 4.78 is 0. The number of nitrogens with one attached hydrogen (secondary N) is 1. The van der Waals surface area contributed by atoms with Gasteiger partial charge in [0.2, 0.25) is 0 Å². The number of hydrogen-bond donors (Lipinski definition) is 1. The summed E-state index contributed by atoms with van der Waals surface area (Å²) in [7, 11) is 0. The van der Waals surface area contributed by atoms with Gasteiger partial charge in [0, 0.05) is 11.9 Å². The molecule has 1 aromatic rings. The van der Waals surface area contributed by atoms with Crippen LogP contribution in [0.5, 0.6) is 0 Å². The predicted octanol–water partition coefficient (Wildman–Crippen LogP) is 2.15. The summed E-state index contributed by atoms with van der Waals surface area (Å²) in [5.41, 5.74) is 2.24. The zero-order valence-electron chi connectivity index (χ0n) is 6.83. The fourth-order valence-electron chi connectivity index (χ4n) is 0.729. The molecule has 0 aromatic carbocycles. The molecule has 0 saturated heterocycles. The van der Waals surface area contributed by atoms with Gasteiger partial charge >= 0.3 is 0 Å². The third-order valence-corrected chi connectivity index (χ3v) is 1.35. The van der Waals surface area contributed by atoms with Gasteiger partial charge in [-0.2, -0.15) is 0 Å². The third kappa shape index (κ3) is 2.85. The van der Waals surface area contributed by atoms with Crippen molar-refractivity contribution in [2.45, 2.75) is 13.8 Å². The molecule has 0 fully saturated rings. The lowest BCUT2D eigenvalue weighted by Crippen LogP contribution is -1.71. The first kappa shape index (κ1) is 7.79. The van der Waals surface area contributed by atoms with E-state index in [1.807, 2.05) is 38.2 Å². The summed E-state index contributed by atoms with van der Waals surface area (Å²) >= 11 is 0. The van der Waals surface area contributed by atoms with E-state index in [0.717, 1.165) is 11.3 Å². The number of aromatic nitrogens is 2. The molecule has 0 bridgehead atoms. The van der Waals surface area contributed by atoms with Crippen molar-refractivity contribution < 1.29 is 0 Å². The Bertz CT molecular complexity index is 248. The molecule has 2 heteroatoms. The van der Waals surface area contributed by atoms with Gasteiger partial charge in [-0.15, -0.1) is 0 Å². The molecule has 0 unspecified atom stereocenters. The van der Waals surface area contributed by atoms with Crippen molar-refractivity contribution in [1.82, 2.24) is 9.97 Å². The molecular formula is C9H12N2. The van der Waals surface area contributed by atoms with Gasteiger partial charge in [0.15, 0.2) is 0 Å². The van der Waals surface area contributed by atoms with Crippen LogP contribution < -0.4 is 0 Å². The monoisotopic (exact) mass is 148 g/mol. The topological polar surface area (TPSA) is 28.7 Å². The molecule has 0 radical (unpaired) electrons. The number of hydrogen-bond acceptors (Lipinski definition) is 1. The first-order valence-electron chi connectivity index (χ1n) is 3.59. The number of nitrogens with zero attached hydrogens (tertiary/aromatic N) is 1. The Morgan fingerprint density at radius 1 is 1.27 bits per heavy atom. The first-order chi connectivity index (χ1) is 5.29. The third-order valence-electron chi connectivity index (χ3n) is 1.35. The molecule has 0 spiro atoms. The molecule has 0 atom stereocenters. The summed E-state index contributed by atoms with van der Waals surface area (Å²) in [4.78, 5) is 7.05. The largest absolute Gasteiger partial charge is 0.350 e. The Morgan fingerprint density at radius 3 is 2.91 bits per heavy atom. The van der Waals surface area contributed by atoms with Gasteiger partial charge in [0.1, 0.15) is 0 Å². The predicted molar refractivity (Wildman–Crippen MR) is 45.7 cm³/mol. The molecule has 1 aromatic heterocycles. The lowest BCUT2D eigenvalue weighted by Gasteiger charge is -1.79. The highest BCUT2D eigenvalue weighted by molar-refractivity contribution is 5.05. The highest BCUT2D eigenvalue weighted by Gasteiger charge is 1.75. The van der Waals surface area contributed by atoms with Crippen LogP contribution in [0.15, 0.2) is 30.7 Å². The summed E-state index contributed by atoms with van der Waals surface area (Å²) in [5, 5.41) is 0. The zero-order chi connectivity index (χ0) is 8.10. The Hall–Kier alpha value is -1.31. The molecule has 0 saturated carbocycles. The SMILES string of the molecule is Cc1cccc(C)[nH]cnc1. The number of aryl methyl sites for hydroxylation is 2. The van der Waals surface area contributed by atoms with E-state index in [1.54, 1.807) is 6.33 Å². The van der Waals surface area contributed by atoms with E-state index in [4.69, 9.17) is 0 Å². The maximum absolute atomic E-state index is 4.03. The Kier molecular flexibility index (Phi) is 2.66. The maximum atomic E-state index is 4.03. The Labute approximate surface area is 66.6 Å². The van der Waals surface area contributed by atoms with E-state index in [2.05, 4.69) is 9.97 Å². The second kappa shape index (κ2) is 3.76. The van der Waals surface area contributed by atoms with Gasteiger partial charge in [-0.1, -0.05) is 12.1 Å². The molecule has 11 heavy (non-hydrogen) atoms. The van der Waals surface area contributed by atoms with Gasteiger partial charge in [0.25, 0.3) is 0 Å². The highest BCUT2D eigenvalue weighted by Crippen LogP contribution is 1.89. The second-order valence-corrected chi connectivity index (χ2v) is 2.50. The average Bonchev–Trinajstić information content (AvgIpc) is 2.04. The minimum atomic E-state index is 1.09. The number of rotatable bonds is 0. The van der Waals surface area contributed by atoms with Crippen LogP contribution in [-0.4, -0.2) is 9.97 Å². The molecular weight excluding hydrogens is 136 g/mol. The molecule has 0 aliphatic carbocycles. The van der Waals surface area contributed by atoms with Crippen molar-refractivity contribution >= 4 is 0 Å². The minimum Gasteiger partial charge on any atom is -0.350 e. The van der Waals surface area contributed by atoms with Crippen molar-refractivity contribution in [3.8, 4) is 0 Å². The van der Waals surface area contributed by atoms with Crippen LogP contribution in [0.3, 0.4) is 0 Å². The number of aromatic amines is 1. The van der Waals surface area contributed by atoms with E-state index in [1.165, 1.54) is 0 Å². The van der Waals surface area contributed by atoms with Crippen LogP contribution in [0.2, 0.25) is 0 Å². The maximum Gasteiger partial charge on any atom is 0.0920 e. The summed E-state index contributed by atoms with van der Waals surface area (Å²) in [6.45, 7) is 4.01. The number of H-pyrrole nitrogens is 1. The van der Waals surface area contributed by atoms with Gasteiger partial charge in [0.05, 0.1) is 6.33 Å². The zero-order valence-corrected chi connectivity index (χ0v) is 6.83. The van der Waals surface area contributed by atoms with Crippen LogP contribution in [0.1, 0.15) is 11.3 Å². The molecule has 1 heterocycles. The summed E-state index contributed by atoms with van der Waals surface area (Å²) in [6.07, 6.45) is 3.50. The van der Waals surface area contributed by atoms with Gasteiger partial charge in [-0.05, 0) is 25.5 Å². The van der Waals surface area contributed by atoms with Crippen molar-refractivity contribution in [2.75, 3.05) is 0 Å². The second-order valence-electron chi connectivity index (χ2n) is 2.50.